The summed E-state index contributed by atoms with van der Waals surface area (Å²) in [5.41, 5.74) is 0.0693. The summed E-state index contributed by atoms with van der Waals surface area (Å²) < 4.78 is 23.6. The molecule has 0 atom stereocenters. The standard InChI is InChI=1S/C13H12FNO3S/c1-17-8-3-4-9(14)10(7-8)15-13(16)12-11(18-2)5-6-19-12/h3-7H,1-2H3,(H,15,16). The van der Waals surface area contributed by atoms with Crippen molar-refractivity contribution in [2.75, 3.05) is 19.5 Å². The summed E-state index contributed by atoms with van der Waals surface area (Å²) in [6, 6.07) is 5.83. The lowest BCUT2D eigenvalue weighted by atomic mass is 10.2. The SMILES string of the molecule is COc1ccc(F)c(NC(=O)c2sccc2OC)c1. The molecule has 1 aromatic heterocycles. The van der Waals surface area contributed by atoms with Crippen molar-refractivity contribution in [3.63, 3.8) is 0 Å². The van der Waals surface area contributed by atoms with E-state index >= 15 is 0 Å². The van der Waals surface area contributed by atoms with Crippen molar-refractivity contribution in [1.82, 2.24) is 0 Å². The molecule has 1 N–H and O–H groups in total. The molecule has 0 saturated carbocycles. The number of nitrogens with one attached hydrogen (secondary N) is 1. The predicted molar refractivity (Wildman–Crippen MR) is 71.8 cm³/mol. The highest BCUT2D eigenvalue weighted by atomic mass is 32.1. The van der Waals surface area contributed by atoms with Crippen molar-refractivity contribution in [1.29, 1.82) is 0 Å². The number of hydrogen-bond acceptors (Lipinski definition) is 4. The molecule has 0 aliphatic carbocycles. The van der Waals surface area contributed by atoms with Crippen LogP contribution in [-0.4, -0.2) is 20.1 Å². The Morgan fingerprint density at radius 2 is 2.05 bits per heavy atom. The van der Waals surface area contributed by atoms with Crippen LogP contribution in [0.3, 0.4) is 0 Å². The van der Waals surface area contributed by atoms with Crippen molar-refractivity contribution in [3.8, 4) is 11.5 Å². The third-order valence-electron chi connectivity index (χ3n) is 2.48. The van der Waals surface area contributed by atoms with E-state index in [-0.39, 0.29) is 5.69 Å². The first kappa shape index (κ1) is 13.4. The van der Waals surface area contributed by atoms with Crippen LogP contribution in [0.2, 0.25) is 0 Å². The summed E-state index contributed by atoms with van der Waals surface area (Å²) in [4.78, 5) is 12.4. The van der Waals surface area contributed by atoms with Crippen molar-refractivity contribution in [2.45, 2.75) is 0 Å². The van der Waals surface area contributed by atoms with Crippen LogP contribution in [0.1, 0.15) is 9.67 Å². The first-order valence-electron chi connectivity index (χ1n) is 5.42. The number of methoxy groups -OCH3 is 2. The van der Waals surface area contributed by atoms with Gasteiger partial charge in [0.1, 0.15) is 22.2 Å². The van der Waals surface area contributed by atoms with Gasteiger partial charge in [0.2, 0.25) is 0 Å². The lowest BCUT2D eigenvalue weighted by Gasteiger charge is -2.08. The van der Waals surface area contributed by atoms with Gasteiger partial charge < -0.3 is 14.8 Å². The summed E-state index contributed by atoms with van der Waals surface area (Å²) in [5, 5.41) is 4.23. The van der Waals surface area contributed by atoms with Gasteiger partial charge in [0, 0.05) is 6.07 Å². The number of carbonyl (C=O) groups excluding carboxylic acids is 1. The van der Waals surface area contributed by atoms with E-state index in [0.29, 0.717) is 16.4 Å². The molecule has 0 fully saturated rings. The number of halogens is 1. The molecule has 0 aliphatic heterocycles. The maximum absolute atomic E-state index is 13.6. The predicted octanol–water partition coefficient (Wildman–Crippen LogP) is 3.16. The Morgan fingerprint density at radius 3 is 2.74 bits per heavy atom. The summed E-state index contributed by atoms with van der Waals surface area (Å²) in [5.74, 6) is -0.00988. The minimum absolute atomic E-state index is 0.0693. The van der Waals surface area contributed by atoms with Gasteiger partial charge >= 0.3 is 0 Å². The van der Waals surface area contributed by atoms with Gasteiger partial charge in [-0.25, -0.2) is 4.39 Å². The van der Waals surface area contributed by atoms with Crippen LogP contribution in [0.4, 0.5) is 10.1 Å². The van der Waals surface area contributed by atoms with E-state index in [1.165, 1.54) is 43.8 Å². The molecular formula is C13H12FNO3S. The maximum Gasteiger partial charge on any atom is 0.269 e. The Morgan fingerprint density at radius 1 is 1.26 bits per heavy atom. The zero-order valence-corrected chi connectivity index (χ0v) is 11.2. The summed E-state index contributed by atoms with van der Waals surface area (Å²) in [6.07, 6.45) is 0. The van der Waals surface area contributed by atoms with Gasteiger partial charge in [-0.15, -0.1) is 11.3 Å². The topological polar surface area (TPSA) is 47.6 Å². The van der Waals surface area contributed by atoms with Crippen LogP contribution in [-0.2, 0) is 0 Å². The maximum atomic E-state index is 13.6. The van der Waals surface area contributed by atoms with E-state index in [9.17, 15) is 9.18 Å². The third kappa shape index (κ3) is 2.85. The fourth-order valence-electron chi connectivity index (χ4n) is 1.53. The molecule has 1 heterocycles. The fourth-order valence-corrected chi connectivity index (χ4v) is 2.28. The molecule has 100 valence electrons. The number of thiophene rings is 1. The Balaban J connectivity index is 2.24. The van der Waals surface area contributed by atoms with Crippen LogP contribution < -0.4 is 14.8 Å². The largest absolute Gasteiger partial charge is 0.497 e. The van der Waals surface area contributed by atoms with E-state index in [1.807, 2.05) is 0 Å². The van der Waals surface area contributed by atoms with Crippen LogP contribution >= 0.6 is 11.3 Å². The summed E-state index contributed by atoms with van der Waals surface area (Å²) in [6.45, 7) is 0. The Labute approximate surface area is 113 Å². The van der Waals surface area contributed by atoms with Crippen molar-refractivity contribution in [2.24, 2.45) is 0 Å². The molecule has 1 aromatic carbocycles. The minimum atomic E-state index is -0.523. The van der Waals surface area contributed by atoms with Crippen LogP contribution in [0.15, 0.2) is 29.6 Å². The van der Waals surface area contributed by atoms with Crippen LogP contribution in [0, 0.1) is 5.82 Å². The number of carbonyl (C=O) groups is 1. The average Bonchev–Trinajstić information content (AvgIpc) is 2.89. The lowest BCUT2D eigenvalue weighted by molar-refractivity contribution is 0.102. The highest BCUT2D eigenvalue weighted by Crippen LogP contribution is 2.27. The summed E-state index contributed by atoms with van der Waals surface area (Å²) in [7, 11) is 2.95. The second kappa shape index (κ2) is 5.71. The normalized spacial score (nSPS) is 10.1. The zero-order chi connectivity index (χ0) is 13.8. The van der Waals surface area contributed by atoms with E-state index in [4.69, 9.17) is 9.47 Å². The quantitative estimate of drug-likeness (QED) is 0.936. The Kier molecular flexibility index (Phi) is 4.01. The van der Waals surface area contributed by atoms with Gasteiger partial charge in [-0.2, -0.15) is 0 Å². The van der Waals surface area contributed by atoms with Gasteiger partial charge in [-0.3, -0.25) is 4.79 Å². The number of amides is 1. The number of rotatable bonds is 4. The fraction of sp³-hybridized carbons (Fsp3) is 0.154. The molecule has 19 heavy (non-hydrogen) atoms. The van der Waals surface area contributed by atoms with Gasteiger partial charge in [0.05, 0.1) is 19.9 Å². The molecule has 1 amide bonds. The molecule has 2 rings (SSSR count). The number of ether oxygens (including phenoxy) is 2. The van der Waals surface area contributed by atoms with Crippen molar-refractivity contribution in [3.05, 3.63) is 40.3 Å². The Hall–Kier alpha value is -2.08. The monoisotopic (exact) mass is 281 g/mol. The smallest absolute Gasteiger partial charge is 0.269 e. The first-order valence-corrected chi connectivity index (χ1v) is 6.30. The molecular weight excluding hydrogens is 269 g/mol. The number of hydrogen-bond donors (Lipinski definition) is 1. The van der Waals surface area contributed by atoms with Crippen LogP contribution in [0.25, 0.3) is 0 Å². The van der Waals surface area contributed by atoms with E-state index in [1.54, 1.807) is 11.4 Å². The molecule has 0 spiro atoms. The zero-order valence-electron chi connectivity index (χ0n) is 10.4. The van der Waals surface area contributed by atoms with Crippen molar-refractivity contribution < 1.29 is 18.7 Å². The highest BCUT2D eigenvalue weighted by molar-refractivity contribution is 7.12. The molecule has 2 aromatic rings. The first-order chi connectivity index (χ1) is 9.15. The van der Waals surface area contributed by atoms with Crippen molar-refractivity contribution >= 4 is 22.9 Å². The average molecular weight is 281 g/mol. The second-order valence-corrected chi connectivity index (χ2v) is 4.53. The van der Waals surface area contributed by atoms with Gasteiger partial charge in [-0.1, -0.05) is 0 Å². The molecule has 6 heteroatoms. The van der Waals surface area contributed by atoms with E-state index < -0.39 is 11.7 Å². The van der Waals surface area contributed by atoms with Gasteiger partial charge in [0.15, 0.2) is 0 Å². The molecule has 0 saturated heterocycles. The summed E-state index contributed by atoms with van der Waals surface area (Å²) >= 11 is 1.23. The van der Waals surface area contributed by atoms with E-state index in [0.717, 1.165) is 0 Å². The van der Waals surface area contributed by atoms with E-state index in [2.05, 4.69) is 5.32 Å². The van der Waals surface area contributed by atoms with Gasteiger partial charge in [-0.05, 0) is 23.6 Å². The minimum Gasteiger partial charge on any atom is -0.497 e. The molecule has 0 radical (unpaired) electrons. The molecule has 0 unspecified atom stereocenters. The number of anilines is 1. The number of benzene rings is 1. The Bertz CT molecular complexity index is 597. The second-order valence-electron chi connectivity index (χ2n) is 3.62. The van der Waals surface area contributed by atoms with Crippen LogP contribution in [0.5, 0.6) is 11.5 Å². The molecule has 0 bridgehead atoms. The third-order valence-corrected chi connectivity index (χ3v) is 3.37. The molecule has 4 nitrogen and oxygen atoms in total. The highest BCUT2D eigenvalue weighted by Gasteiger charge is 2.16. The lowest BCUT2D eigenvalue weighted by Crippen LogP contribution is -2.12. The van der Waals surface area contributed by atoms with Gasteiger partial charge in [0.25, 0.3) is 5.91 Å². The molecule has 0 aliphatic rings.